The lowest BCUT2D eigenvalue weighted by Gasteiger charge is -2.35. The second-order valence-electron chi connectivity index (χ2n) is 15.2. The smallest absolute Gasteiger partial charge is 0.352 e. The predicted molar refractivity (Wildman–Crippen MR) is 230 cm³/mol. The number of fused-ring (bicyclic) bond motifs is 4. The summed E-state index contributed by atoms with van der Waals surface area (Å²) in [7, 11) is 3.65. The van der Waals surface area contributed by atoms with Gasteiger partial charge >= 0.3 is 5.97 Å². The fourth-order valence-corrected chi connectivity index (χ4v) is 9.45. The van der Waals surface area contributed by atoms with Crippen LogP contribution in [0.4, 0.5) is 5.69 Å². The van der Waals surface area contributed by atoms with E-state index in [-0.39, 0.29) is 24.2 Å². The molecule has 14 heteroatoms. The SMILES string of the molecule is Cc1cc(OCCCc2c3n(c4c(-c5c(C)nn(C)c5C)c(Cl)ccc24)[C@H](C)CN(c2cc(COCc4cscn4)cc4cc(C(=O)O)n(C)c24)C3=O)cc(C)c1Cl. The molecule has 4 aromatic heterocycles. The molecule has 0 saturated heterocycles. The fourth-order valence-electron chi connectivity index (χ4n) is 8.56. The minimum absolute atomic E-state index is 0.122. The first-order chi connectivity index (χ1) is 27.7. The number of carboxylic acid groups (broad SMARTS) is 1. The van der Waals surface area contributed by atoms with E-state index >= 15 is 4.79 Å². The average Bonchev–Trinajstić information content (AvgIpc) is 3.95. The van der Waals surface area contributed by atoms with Crippen molar-refractivity contribution in [2.24, 2.45) is 14.1 Å². The third-order valence-corrected chi connectivity index (χ3v) is 12.8. The number of amides is 1. The first-order valence-electron chi connectivity index (χ1n) is 19.1. The van der Waals surface area contributed by atoms with Gasteiger partial charge in [0.2, 0.25) is 0 Å². The molecular weight excluding hydrogens is 795 g/mol. The lowest BCUT2D eigenvalue weighted by molar-refractivity contribution is 0.0687. The zero-order chi connectivity index (χ0) is 41.2. The number of carbonyl (C=O) groups is 2. The molecule has 0 aliphatic carbocycles. The van der Waals surface area contributed by atoms with E-state index in [1.54, 1.807) is 28.1 Å². The Morgan fingerprint density at radius 3 is 2.43 bits per heavy atom. The van der Waals surface area contributed by atoms with Crippen molar-refractivity contribution in [1.82, 2.24) is 23.9 Å². The summed E-state index contributed by atoms with van der Waals surface area (Å²) >= 11 is 15.1. The summed E-state index contributed by atoms with van der Waals surface area (Å²) < 4.78 is 18.0. The van der Waals surface area contributed by atoms with Crippen molar-refractivity contribution < 1.29 is 24.2 Å². The van der Waals surface area contributed by atoms with E-state index in [4.69, 9.17) is 37.8 Å². The molecule has 0 unspecified atom stereocenters. The van der Waals surface area contributed by atoms with Crippen LogP contribution in [0.5, 0.6) is 5.75 Å². The standard InChI is InChI=1S/C44H44Cl2N6O5S/c1-23-13-31(14-24(2)39(23)46)57-12-8-9-32-33-10-11-34(45)38(37-26(4)48-50(7)27(37)5)41(33)52-25(3)18-51(43(53)42(32)52)35-16-28(19-56-20-30-21-58-22-47-30)15-29-17-36(44(54)55)49(6)40(29)35/h10-11,13-17,21-22,25H,8-9,12,18-20H2,1-7H3,(H,54,55)/t25-/m1/s1. The zero-order valence-electron chi connectivity index (χ0n) is 33.4. The first kappa shape index (κ1) is 39.7. The van der Waals surface area contributed by atoms with Gasteiger partial charge in [-0.2, -0.15) is 5.10 Å². The van der Waals surface area contributed by atoms with E-state index in [0.29, 0.717) is 59.9 Å². The number of nitrogens with zero attached hydrogens (tertiary/aromatic N) is 6. The maximum atomic E-state index is 15.4. The average molecular weight is 840 g/mol. The highest BCUT2D eigenvalue weighted by molar-refractivity contribution is 7.07. The molecule has 0 bridgehead atoms. The van der Waals surface area contributed by atoms with Gasteiger partial charge in [-0.1, -0.05) is 29.3 Å². The van der Waals surface area contributed by atoms with Crippen molar-refractivity contribution in [2.75, 3.05) is 18.1 Å². The number of ether oxygens (including phenoxy) is 2. The van der Waals surface area contributed by atoms with Gasteiger partial charge in [0, 0.05) is 64.7 Å². The molecule has 1 atom stereocenters. The Kier molecular flexibility index (Phi) is 10.6. The number of rotatable bonds is 12. The second kappa shape index (κ2) is 15.6. The molecule has 1 aliphatic heterocycles. The Labute approximate surface area is 350 Å². The molecule has 0 radical (unpaired) electrons. The summed E-state index contributed by atoms with van der Waals surface area (Å²) in [6.45, 7) is 11.4. The van der Waals surface area contributed by atoms with Crippen molar-refractivity contribution in [3.63, 3.8) is 0 Å². The van der Waals surface area contributed by atoms with Gasteiger partial charge < -0.3 is 28.6 Å². The Balaban J connectivity index is 1.26. The van der Waals surface area contributed by atoms with Gasteiger partial charge in [-0.05, 0) is 106 Å². The van der Waals surface area contributed by atoms with Crippen molar-refractivity contribution in [3.05, 3.63) is 114 Å². The van der Waals surface area contributed by atoms with E-state index < -0.39 is 5.97 Å². The Morgan fingerprint density at radius 2 is 1.76 bits per heavy atom. The van der Waals surface area contributed by atoms with Gasteiger partial charge in [0.15, 0.2) is 0 Å². The summed E-state index contributed by atoms with van der Waals surface area (Å²) in [5, 5.41) is 19.8. The molecular formula is C44H44Cl2N6O5S. The van der Waals surface area contributed by atoms with Crippen molar-refractivity contribution >= 4 is 73.9 Å². The number of carboxylic acids is 1. The van der Waals surface area contributed by atoms with Crippen LogP contribution in [-0.4, -0.2) is 54.0 Å². The van der Waals surface area contributed by atoms with Crippen LogP contribution >= 0.6 is 34.5 Å². The molecule has 5 heterocycles. The maximum Gasteiger partial charge on any atom is 0.352 e. The van der Waals surface area contributed by atoms with Crippen LogP contribution < -0.4 is 9.64 Å². The fraction of sp³-hybridized carbons (Fsp3) is 0.318. The molecule has 8 rings (SSSR count). The Morgan fingerprint density at radius 1 is 1.00 bits per heavy atom. The lowest BCUT2D eigenvalue weighted by Crippen LogP contribution is -2.43. The highest BCUT2D eigenvalue weighted by atomic mass is 35.5. The molecule has 0 saturated carbocycles. The van der Waals surface area contributed by atoms with Crippen molar-refractivity contribution in [3.8, 4) is 16.9 Å². The summed E-state index contributed by atoms with van der Waals surface area (Å²) in [6.07, 6.45) is 1.18. The van der Waals surface area contributed by atoms with E-state index in [1.165, 1.54) is 11.3 Å². The number of halogens is 2. The van der Waals surface area contributed by atoms with Gasteiger partial charge in [-0.15, -0.1) is 11.3 Å². The number of aryl methyl sites for hydroxylation is 6. The highest BCUT2D eigenvalue weighted by Crippen LogP contribution is 2.46. The molecule has 1 N–H and O–H groups in total. The maximum absolute atomic E-state index is 15.4. The molecule has 300 valence electrons. The van der Waals surface area contributed by atoms with Gasteiger partial charge in [0.05, 0.1) is 58.5 Å². The number of hydrogen-bond acceptors (Lipinski definition) is 7. The van der Waals surface area contributed by atoms with Crippen LogP contribution in [0.1, 0.15) is 79.7 Å². The zero-order valence-corrected chi connectivity index (χ0v) is 35.8. The van der Waals surface area contributed by atoms with Crippen LogP contribution in [0.3, 0.4) is 0 Å². The number of aromatic nitrogens is 5. The third-order valence-electron chi connectivity index (χ3n) is 11.2. The molecule has 7 aromatic rings. The van der Waals surface area contributed by atoms with Crippen molar-refractivity contribution in [2.45, 2.75) is 66.7 Å². The summed E-state index contributed by atoms with van der Waals surface area (Å²) in [5.41, 5.74) is 12.7. The van der Waals surface area contributed by atoms with Crippen LogP contribution in [0.2, 0.25) is 10.0 Å². The molecule has 1 amide bonds. The number of thiazole rings is 1. The second-order valence-corrected chi connectivity index (χ2v) is 16.7. The first-order valence-corrected chi connectivity index (χ1v) is 20.8. The molecule has 1 aliphatic rings. The van der Waals surface area contributed by atoms with E-state index in [2.05, 4.69) is 16.5 Å². The molecule has 58 heavy (non-hydrogen) atoms. The molecule has 0 spiro atoms. The van der Waals surface area contributed by atoms with Crippen LogP contribution in [0.15, 0.2) is 53.4 Å². The normalized spacial score (nSPS) is 14.3. The number of anilines is 1. The number of benzene rings is 3. The summed E-state index contributed by atoms with van der Waals surface area (Å²) in [5.74, 6) is -0.488. The van der Waals surface area contributed by atoms with Crippen LogP contribution in [0.25, 0.3) is 32.9 Å². The highest BCUT2D eigenvalue weighted by Gasteiger charge is 2.38. The Hall–Kier alpha value is -5.14. The molecule has 3 aromatic carbocycles. The predicted octanol–water partition coefficient (Wildman–Crippen LogP) is 10.2. The summed E-state index contributed by atoms with van der Waals surface area (Å²) in [6, 6.07) is 13.2. The van der Waals surface area contributed by atoms with Crippen LogP contribution in [0, 0.1) is 27.7 Å². The van der Waals surface area contributed by atoms with Gasteiger partial charge in [-0.3, -0.25) is 9.48 Å². The van der Waals surface area contributed by atoms with Gasteiger partial charge in [0.25, 0.3) is 5.91 Å². The quantitative estimate of drug-likeness (QED) is 0.122. The van der Waals surface area contributed by atoms with Gasteiger partial charge in [0.1, 0.15) is 17.1 Å². The third kappa shape index (κ3) is 6.85. The molecule has 0 fully saturated rings. The number of hydrogen-bond donors (Lipinski definition) is 1. The van der Waals surface area contributed by atoms with Crippen LogP contribution in [-0.2, 0) is 38.5 Å². The number of carbonyl (C=O) groups excluding carboxylic acids is 1. The van der Waals surface area contributed by atoms with E-state index in [0.717, 1.165) is 72.1 Å². The van der Waals surface area contributed by atoms with E-state index in [9.17, 15) is 9.90 Å². The topological polar surface area (TPSA) is 117 Å². The minimum Gasteiger partial charge on any atom is -0.494 e. The Bertz CT molecular complexity index is 2740. The van der Waals surface area contributed by atoms with Gasteiger partial charge in [-0.25, -0.2) is 9.78 Å². The monoisotopic (exact) mass is 838 g/mol. The molecule has 11 nitrogen and oxygen atoms in total. The largest absolute Gasteiger partial charge is 0.494 e. The number of aromatic carboxylic acids is 1. The van der Waals surface area contributed by atoms with E-state index in [1.807, 2.05) is 81.2 Å². The summed E-state index contributed by atoms with van der Waals surface area (Å²) in [4.78, 5) is 34.0. The lowest BCUT2D eigenvalue weighted by atomic mass is 9.98. The van der Waals surface area contributed by atoms with Crippen molar-refractivity contribution in [1.29, 1.82) is 0 Å². The minimum atomic E-state index is -1.05.